The molecule has 0 atom stereocenters. The van der Waals surface area contributed by atoms with Crippen LogP contribution in [-0.4, -0.2) is 22.0 Å². The van der Waals surface area contributed by atoms with Crippen molar-refractivity contribution in [2.24, 2.45) is 5.92 Å². The minimum absolute atomic E-state index is 0.253. The summed E-state index contributed by atoms with van der Waals surface area (Å²) in [6.07, 6.45) is 11.1. The quantitative estimate of drug-likeness (QED) is 0.767. The van der Waals surface area contributed by atoms with Crippen LogP contribution in [0.4, 0.5) is 0 Å². The van der Waals surface area contributed by atoms with E-state index < -0.39 is 0 Å². The molecule has 2 rings (SSSR count). The van der Waals surface area contributed by atoms with Crippen LogP contribution in [0.5, 0.6) is 0 Å². The summed E-state index contributed by atoms with van der Waals surface area (Å²) < 4.78 is 2.03. The highest BCUT2D eigenvalue weighted by Gasteiger charge is 2.21. The van der Waals surface area contributed by atoms with Gasteiger partial charge in [0.25, 0.3) is 0 Å². The topological polar surface area (TPSA) is 46.9 Å². The van der Waals surface area contributed by atoms with E-state index in [1.165, 1.54) is 12.8 Å². The molecule has 1 aliphatic rings. The van der Waals surface area contributed by atoms with E-state index in [9.17, 15) is 4.79 Å². The Morgan fingerprint density at radius 1 is 1.44 bits per heavy atom. The SMILES string of the molecule is O=C(NCCCn1ccnc1)C1CCCC1. The summed E-state index contributed by atoms with van der Waals surface area (Å²) in [5.41, 5.74) is 0. The van der Waals surface area contributed by atoms with Crippen molar-refractivity contribution >= 4 is 5.91 Å². The molecule has 1 aromatic rings. The normalized spacial score (nSPS) is 16.5. The van der Waals surface area contributed by atoms with Crippen LogP contribution < -0.4 is 5.32 Å². The van der Waals surface area contributed by atoms with Crippen LogP contribution in [0.3, 0.4) is 0 Å². The first kappa shape index (κ1) is 11.2. The Balaban J connectivity index is 1.59. The molecule has 0 aliphatic heterocycles. The predicted molar refractivity (Wildman–Crippen MR) is 61.8 cm³/mol. The number of aromatic nitrogens is 2. The standard InChI is InChI=1S/C12H19N3O/c16-12(11-4-1-2-5-11)14-6-3-8-15-9-7-13-10-15/h7,9-11H,1-6,8H2,(H,14,16). The molecule has 16 heavy (non-hydrogen) atoms. The summed E-state index contributed by atoms with van der Waals surface area (Å²) in [4.78, 5) is 15.7. The van der Waals surface area contributed by atoms with Gasteiger partial charge in [0.15, 0.2) is 0 Å². The van der Waals surface area contributed by atoms with Crippen molar-refractivity contribution in [2.45, 2.75) is 38.6 Å². The number of imidazole rings is 1. The van der Waals surface area contributed by atoms with E-state index >= 15 is 0 Å². The second-order valence-corrected chi connectivity index (χ2v) is 4.43. The number of aryl methyl sites for hydroxylation is 1. The fraction of sp³-hybridized carbons (Fsp3) is 0.667. The molecule has 1 heterocycles. The first-order valence-electron chi connectivity index (χ1n) is 6.10. The van der Waals surface area contributed by atoms with Crippen LogP contribution in [0.2, 0.25) is 0 Å². The third kappa shape index (κ3) is 3.08. The van der Waals surface area contributed by atoms with Gasteiger partial charge in [0.05, 0.1) is 6.33 Å². The van der Waals surface area contributed by atoms with Crippen LogP contribution in [0.1, 0.15) is 32.1 Å². The highest BCUT2D eigenvalue weighted by atomic mass is 16.1. The van der Waals surface area contributed by atoms with Crippen molar-refractivity contribution in [1.29, 1.82) is 0 Å². The van der Waals surface area contributed by atoms with Gasteiger partial charge in [0, 0.05) is 31.4 Å². The van der Waals surface area contributed by atoms with Crippen LogP contribution >= 0.6 is 0 Å². The number of amides is 1. The molecule has 1 N–H and O–H groups in total. The number of nitrogens with zero attached hydrogens (tertiary/aromatic N) is 2. The van der Waals surface area contributed by atoms with Gasteiger partial charge in [0.2, 0.25) is 5.91 Å². The summed E-state index contributed by atoms with van der Waals surface area (Å²) in [7, 11) is 0. The number of carbonyl (C=O) groups excluding carboxylic acids is 1. The third-order valence-corrected chi connectivity index (χ3v) is 3.18. The Bertz CT molecular complexity index is 315. The molecule has 1 amide bonds. The Kier molecular flexibility index (Phi) is 3.97. The highest BCUT2D eigenvalue weighted by molar-refractivity contribution is 5.78. The zero-order chi connectivity index (χ0) is 11.2. The van der Waals surface area contributed by atoms with Crippen LogP contribution in [-0.2, 0) is 11.3 Å². The molecule has 4 heteroatoms. The predicted octanol–water partition coefficient (Wildman–Crippen LogP) is 1.58. The largest absolute Gasteiger partial charge is 0.356 e. The zero-order valence-electron chi connectivity index (χ0n) is 9.56. The molecule has 0 unspecified atom stereocenters. The van der Waals surface area contributed by atoms with E-state index in [1.807, 2.05) is 10.8 Å². The monoisotopic (exact) mass is 221 g/mol. The summed E-state index contributed by atoms with van der Waals surface area (Å²) in [5, 5.41) is 3.01. The lowest BCUT2D eigenvalue weighted by Crippen LogP contribution is -2.30. The lowest BCUT2D eigenvalue weighted by Gasteiger charge is -2.10. The third-order valence-electron chi connectivity index (χ3n) is 3.18. The van der Waals surface area contributed by atoms with E-state index in [1.54, 1.807) is 12.5 Å². The van der Waals surface area contributed by atoms with Gasteiger partial charge in [-0.1, -0.05) is 12.8 Å². The Hall–Kier alpha value is -1.32. The average Bonchev–Trinajstić information content (AvgIpc) is 2.96. The van der Waals surface area contributed by atoms with Crippen molar-refractivity contribution in [3.8, 4) is 0 Å². The van der Waals surface area contributed by atoms with Gasteiger partial charge in [-0.2, -0.15) is 0 Å². The zero-order valence-corrected chi connectivity index (χ0v) is 9.56. The van der Waals surface area contributed by atoms with Gasteiger partial charge in [-0.25, -0.2) is 4.98 Å². The molecule has 0 aromatic carbocycles. The van der Waals surface area contributed by atoms with E-state index in [-0.39, 0.29) is 11.8 Å². The Labute approximate surface area is 96.1 Å². The number of hydrogen-bond donors (Lipinski definition) is 1. The molecule has 0 bridgehead atoms. The average molecular weight is 221 g/mol. The summed E-state index contributed by atoms with van der Waals surface area (Å²) in [6.45, 7) is 1.69. The molecule has 0 saturated heterocycles. The summed E-state index contributed by atoms with van der Waals surface area (Å²) in [5.74, 6) is 0.538. The Morgan fingerprint density at radius 3 is 2.94 bits per heavy atom. The molecule has 4 nitrogen and oxygen atoms in total. The van der Waals surface area contributed by atoms with E-state index in [0.717, 1.165) is 32.4 Å². The van der Waals surface area contributed by atoms with Gasteiger partial charge in [-0.15, -0.1) is 0 Å². The first-order valence-corrected chi connectivity index (χ1v) is 6.10. The fourth-order valence-electron chi connectivity index (χ4n) is 2.22. The first-order chi connectivity index (χ1) is 7.86. The smallest absolute Gasteiger partial charge is 0.223 e. The lowest BCUT2D eigenvalue weighted by molar-refractivity contribution is -0.124. The van der Waals surface area contributed by atoms with Crippen LogP contribution in [0.15, 0.2) is 18.7 Å². The number of hydrogen-bond acceptors (Lipinski definition) is 2. The van der Waals surface area contributed by atoms with E-state index in [4.69, 9.17) is 0 Å². The van der Waals surface area contributed by atoms with Gasteiger partial charge < -0.3 is 9.88 Å². The minimum atomic E-state index is 0.253. The van der Waals surface area contributed by atoms with Crippen molar-refractivity contribution in [2.75, 3.05) is 6.54 Å². The molecular weight excluding hydrogens is 202 g/mol. The van der Waals surface area contributed by atoms with Crippen molar-refractivity contribution in [1.82, 2.24) is 14.9 Å². The molecule has 0 spiro atoms. The minimum Gasteiger partial charge on any atom is -0.356 e. The van der Waals surface area contributed by atoms with Crippen LogP contribution in [0.25, 0.3) is 0 Å². The van der Waals surface area contributed by atoms with Crippen molar-refractivity contribution in [3.05, 3.63) is 18.7 Å². The molecule has 1 saturated carbocycles. The summed E-state index contributed by atoms with van der Waals surface area (Å²) in [6, 6.07) is 0. The van der Waals surface area contributed by atoms with Crippen molar-refractivity contribution < 1.29 is 4.79 Å². The number of rotatable bonds is 5. The molecule has 1 fully saturated rings. The highest BCUT2D eigenvalue weighted by Crippen LogP contribution is 2.24. The van der Waals surface area contributed by atoms with Crippen molar-refractivity contribution in [3.63, 3.8) is 0 Å². The second-order valence-electron chi connectivity index (χ2n) is 4.43. The molecule has 1 aliphatic carbocycles. The van der Waals surface area contributed by atoms with E-state index in [2.05, 4.69) is 10.3 Å². The van der Waals surface area contributed by atoms with Gasteiger partial charge in [-0.3, -0.25) is 4.79 Å². The molecule has 1 aromatic heterocycles. The van der Waals surface area contributed by atoms with Crippen LogP contribution in [0, 0.1) is 5.92 Å². The molecule has 88 valence electrons. The summed E-state index contributed by atoms with van der Waals surface area (Å²) >= 11 is 0. The number of nitrogens with one attached hydrogen (secondary N) is 1. The molecular formula is C12H19N3O. The number of carbonyl (C=O) groups is 1. The maximum Gasteiger partial charge on any atom is 0.223 e. The van der Waals surface area contributed by atoms with Gasteiger partial charge in [0.1, 0.15) is 0 Å². The molecule has 0 radical (unpaired) electrons. The second kappa shape index (κ2) is 5.68. The lowest BCUT2D eigenvalue weighted by atomic mass is 10.1. The van der Waals surface area contributed by atoms with Gasteiger partial charge >= 0.3 is 0 Å². The van der Waals surface area contributed by atoms with E-state index in [0.29, 0.717) is 0 Å². The maximum absolute atomic E-state index is 11.7. The Morgan fingerprint density at radius 2 is 2.25 bits per heavy atom. The fourth-order valence-corrected chi connectivity index (χ4v) is 2.22. The maximum atomic E-state index is 11.7. The van der Waals surface area contributed by atoms with Gasteiger partial charge in [-0.05, 0) is 19.3 Å².